The van der Waals surface area contributed by atoms with Gasteiger partial charge < -0.3 is 0 Å². The summed E-state index contributed by atoms with van der Waals surface area (Å²) in [5.74, 6) is 8.41. The first-order valence-electron chi connectivity index (χ1n) is 6.53. The Labute approximate surface area is 94.1 Å². The summed E-state index contributed by atoms with van der Waals surface area (Å²) >= 11 is 0. The van der Waals surface area contributed by atoms with Crippen molar-refractivity contribution in [1.29, 1.82) is 0 Å². The van der Waals surface area contributed by atoms with Crippen molar-refractivity contribution in [2.24, 2.45) is 11.8 Å². The number of rotatable bonds is 5. The Morgan fingerprint density at radius 3 is 2.80 bits per heavy atom. The molecule has 1 saturated carbocycles. The largest absolute Gasteiger partial charge is 0.0988 e. The number of hydrogen-bond donors (Lipinski definition) is 0. The Bertz CT molecular complexity index is 283. The molecule has 0 bridgehead atoms. The molecule has 0 aromatic carbocycles. The molecular formula is C15H22. The van der Waals surface area contributed by atoms with E-state index in [1.807, 2.05) is 0 Å². The zero-order valence-corrected chi connectivity index (χ0v) is 9.89. The Balaban J connectivity index is 1.73. The number of hydrogen-bond acceptors (Lipinski definition) is 0. The first kappa shape index (κ1) is 10.8. The van der Waals surface area contributed by atoms with Crippen LogP contribution in [0.1, 0.15) is 58.3 Å². The summed E-state index contributed by atoms with van der Waals surface area (Å²) in [5, 5.41) is 0. The minimum absolute atomic E-state index is 0.995. The van der Waals surface area contributed by atoms with Crippen LogP contribution >= 0.6 is 0 Å². The van der Waals surface area contributed by atoms with Gasteiger partial charge in [-0.1, -0.05) is 56.1 Å². The van der Waals surface area contributed by atoms with Gasteiger partial charge in [0, 0.05) is 12.8 Å². The van der Waals surface area contributed by atoms with E-state index in [1.165, 1.54) is 38.5 Å². The van der Waals surface area contributed by atoms with Gasteiger partial charge in [-0.05, 0) is 24.7 Å². The van der Waals surface area contributed by atoms with Crippen LogP contribution in [-0.4, -0.2) is 0 Å². The zero-order valence-electron chi connectivity index (χ0n) is 9.89. The van der Waals surface area contributed by atoms with E-state index in [-0.39, 0.29) is 0 Å². The monoisotopic (exact) mass is 202 g/mol. The maximum Gasteiger partial charge on any atom is 0.0299 e. The van der Waals surface area contributed by atoms with Gasteiger partial charge in [0.05, 0.1) is 0 Å². The summed E-state index contributed by atoms with van der Waals surface area (Å²) in [5.41, 5.74) is 1.60. The Morgan fingerprint density at radius 1 is 1.40 bits per heavy atom. The first-order valence-corrected chi connectivity index (χ1v) is 6.53. The minimum atomic E-state index is 0.995. The lowest BCUT2D eigenvalue weighted by Gasteiger charge is -2.33. The highest BCUT2D eigenvalue weighted by atomic mass is 14.3. The molecular weight excluding hydrogens is 180 g/mol. The standard InChI is InChI=1S/C15H22/c1-2-14(15-9-6-10-15)12-11-13-7-4-3-5-8-13/h7,14-15H,2,4,6,8-12H2,1H3. The van der Waals surface area contributed by atoms with E-state index in [9.17, 15) is 0 Å². The second kappa shape index (κ2) is 5.40. The van der Waals surface area contributed by atoms with Crippen molar-refractivity contribution in [2.75, 3.05) is 0 Å². The number of allylic oxidation sites excluding steroid dienone is 2. The van der Waals surface area contributed by atoms with Crippen LogP contribution < -0.4 is 0 Å². The molecule has 2 aliphatic carbocycles. The summed E-state index contributed by atoms with van der Waals surface area (Å²) in [7, 11) is 0. The molecule has 0 aliphatic heterocycles. The molecule has 0 heterocycles. The molecule has 82 valence electrons. The van der Waals surface area contributed by atoms with Gasteiger partial charge in [-0.2, -0.15) is 0 Å². The third-order valence-electron chi connectivity index (χ3n) is 4.11. The molecule has 0 amide bonds. The highest BCUT2D eigenvalue weighted by Crippen LogP contribution is 2.38. The summed E-state index contributed by atoms with van der Waals surface area (Å²) in [4.78, 5) is 0. The lowest BCUT2D eigenvalue weighted by molar-refractivity contribution is 0.190. The fourth-order valence-corrected chi connectivity index (χ4v) is 2.76. The molecule has 1 unspecified atom stereocenters. The second-order valence-electron chi connectivity index (χ2n) is 4.99. The van der Waals surface area contributed by atoms with Gasteiger partial charge in [0.2, 0.25) is 0 Å². The Morgan fingerprint density at radius 2 is 2.27 bits per heavy atom. The van der Waals surface area contributed by atoms with Crippen LogP contribution in [0.15, 0.2) is 11.6 Å². The van der Waals surface area contributed by atoms with Crippen LogP contribution in [0.2, 0.25) is 0 Å². The lowest BCUT2D eigenvalue weighted by Crippen LogP contribution is -2.21. The maximum atomic E-state index is 3.22. The average Bonchev–Trinajstić information content (AvgIpc) is 2.23. The van der Waals surface area contributed by atoms with Crippen molar-refractivity contribution in [2.45, 2.75) is 58.3 Å². The van der Waals surface area contributed by atoms with Crippen molar-refractivity contribution < 1.29 is 0 Å². The van der Waals surface area contributed by atoms with Gasteiger partial charge in [-0.25, -0.2) is 0 Å². The molecule has 15 heavy (non-hydrogen) atoms. The summed E-state index contributed by atoms with van der Waals surface area (Å²) < 4.78 is 0. The fraction of sp³-hybridized carbons (Fsp3) is 0.733. The zero-order chi connectivity index (χ0) is 10.5. The summed E-state index contributed by atoms with van der Waals surface area (Å²) in [6.45, 7) is 2.36. The van der Waals surface area contributed by atoms with Gasteiger partial charge in [0.25, 0.3) is 0 Å². The van der Waals surface area contributed by atoms with Gasteiger partial charge >= 0.3 is 0 Å². The molecule has 0 nitrogen and oxygen atoms in total. The first-order chi connectivity index (χ1) is 7.40. The SMILES string of the molecule is CCC(CCC1=CCC#CC1)C1CCC1. The average molecular weight is 202 g/mol. The van der Waals surface area contributed by atoms with Crippen molar-refractivity contribution in [3.8, 4) is 11.8 Å². The van der Waals surface area contributed by atoms with Crippen molar-refractivity contribution in [3.63, 3.8) is 0 Å². The van der Waals surface area contributed by atoms with Crippen LogP contribution in [0.3, 0.4) is 0 Å². The Hall–Kier alpha value is -0.700. The Kier molecular flexibility index (Phi) is 3.89. The van der Waals surface area contributed by atoms with Gasteiger partial charge in [0.15, 0.2) is 0 Å². The molecule has 0 aromatic heterocycles. The van der Waals surface area contributed by atoms with Crippen LogP contribution in [0.4, 0.5) is 0 Å². The predicted molar refractivity (Wildman–Crippen MR) is 65.4 cm³/mol. The fourth-order valence-electron chi connectivity index (χ4n) is 2.76. The van der Waals surface area contributed by atoms with E-state index in [4.69, 9.17) is 0 Å². The van der Waals surface area contributed by atoms with Gasteiger partial charge in [-0.3, -0.25) is 0 Å². The molecule has 2 aliphatic rings. The van der Waals surface area contributed by atoms with E-state index >= 15 is 0 Å². The van der Waals surface area contributed by atoms with Crippen LogP contribution in [0, 0.1) is 23.7 Å². The van der Waals surface area contributed by atoms with E-state index in [0.29, 0.717) is 0 Å². The van der Waals surface area contributed by atoms with Crippen LogP contribution in [-0.2, 0) is 0 Å². The van der Waals surface area contributed by atoms with E-state index in [2.05, 4.69) is 24.8 Å². The molecule has 1 fully saturated rings. The van der Waals surface area contributed by atoms with Crippen LogP contribution in [0.25, 0.3) is 0 Å². The quantitative estimate of drug-likeness (QED) is 0.460. The highest BCUT2D eigenvalue weighted by Gasteiger charge is 2.25. The lowest BCUT2D eigenvalue weighted by atomic mass is 9.72. The minimum Gasteiger partial charge on any atom is -0.0988 e. The molecule has 0 aromatic rings. The third kappa shape index (κ3) is 2.88. The topological polar surface area (TPSA) is 0 Å². The van der Waals surface area contributed by atoms with Crippen molar-refractivity contribution in [3.05, 3.63) is 11.6 Å². The molecule has 0 spiro atoms. The molecule has 0 radical (unpaired) electrons. The smallest absolute Gasteiger partial charge is 0.0299 e. The summed E-state index contributed by atoms with van der Waals surface area (Å²) in [6, 6.07) is 0. The van der Waals surface area contributed by atoms with E-state index in [0.717, 1.165) is 24.7 Å². The molecule has 0 N–H and O–H groups in total. The van der Waals surface area contributed by atoms with Crippen LogP contribution in [0.5, 0.6) is 0 Å². The normalized spacial score (nSPS) is 22.3. The van der Waals surface area contributed by atoms with Gasteiger partial charge in [0.1, 0.15) is 0 Å². The van der Waals surface area contributed by atoms with E-state index in [1.54, 1.807) is 5.57 Å². The third-order valence-corrected chi connectivity index (χ3v) is 4.11. The molecule has 0 heteroatoms. The molecule has 0 saturated heterocycles. The maximum absolute atomic E-state index is 3.22. The molecule has 2 rings (SSSR count). The van der Waals surface area contributed by atoms with E-state index < -0.39 is 0 Å². The predicted octanol–water partition coefficient (Wildman–Crippen LogP) is 4.32. The highest BCUT2D eigenvalue weighted by molar-refractivity contribution is 5.21. The van der Waals surface area contributed by atoms with Gasteiger partial charge in [-0.15, -0.1) is 0 Å². The van der Waals surface area contributed by atoms with Crippen molar-refractivity contribution in [1.82, 2.24) is 0 Å². The van der Waals surface area contributed by atoms with Crippen molar-refractivity contribution >= 4 is 0 Å². The molecule has 1 atom stereocenters. The second-order valence-corrected chi connectivity index (χ2v) is 4.99. The summed E-state index contributed by atoms with van der Waals surface area (Å²) in [6.07, 6.45) is 13.0.